The maximum Gasteiger partial charge on any atom is 0.193 e. The SMILES string of the molecule is COc1cc(C#CC=O)ccc1C=O. The van der Waals surface area contributed by atoms with Gasteiger partial charge < -0.3 is 4.74 Å². The molecule has 1 aromatic rings. The summed E-state index contributed by atoms with van der Waals surface area (Å²) in [5.74, 6) is 5.34. The molecule has 0 N–H and O–H groups in total. The number of benzene rings is 1. The minimum absolute atomic E-state index is 0.456. The third-order valence-corrected chi connectivity index (χ3v) is 1.64. The maximum absolute atomic E-state index is 10.5. The maximum atomic E-state index is 10.5. The summed E-state index contributed by atoms with van der Waals surface area (Å²) in [5, 5.41) is 0. The van der Waals surface area contributed by atoms with Crippen molar-refractivity contribution in [2.24, 2.45) is 0 Å². The topological polar surface area (TPSA) is 43.4 Å². The van der Waals surface area contributed by atoms with Crippen LogP contribution in [-0.4, -0.2) is 19.7 Å². The molecule has 1 rings (SSSR count). The third-order valence-electron chi connectivity index (χ3n) is 1.64. The van der Waals surface area contributed by atoms with E-state index in [4.69, 9.17) is 4.74 Å². The van der Waals surface area contributed by atoms with Gasteiger partial charge in [0.15, 0.2) is 12.6 Å². The molecule has 0 saturated carbocycles. The van der Waals surface area contributed by atoms with Gasteiger partial charge in [0.25, 0.3) is 0 Å². The molecular weight excluding hydrogens is 180 g/mol. The molecule has 3 nitrogen and oxygen atoms in total. The van der Waals surface area contributed by atoms with E-state index in [-0.39, 0.29) is 0 Å². The summed E-state index contributed by atoms with van der Waals surface area (Å²) < 4.78 is 4.97. The summed E-state index contributed by atoms with van der Waals surface area (Å²) >= 11 is 0. The number of hydrogen-bond acceptors (Lipinski definition) is 3. The van der Waals surface area contributed by atoms with Gasteiger partial charge in [0, 0.05) is 5.56 Å². The summed E-state index contributed by atoms with van der Waals surface area (Å²) in [6.45, 7) is 0. The fraction of sp³-hybridized carbons (Fsp3) is 0.0909. The molecule has 0 unspecified atom stereocenters. The van der Waals surface area contributed by atoms with Crippen LogP contribution in [0.4, 0.5) is 0 Å². The van der Waals surface area contributed by atoms with E-state index in [0.717, 1.165) is 0 Å². The van der Waals surface area contributed by atoms with E-state index >= 15 is 0 Å². The zero-order valence-electron chi connectivity index (χ0n) is 7.61. The normalized spacial score (nSPS) is 8.36. The molecule has 1 aromatic carbocycles. The van der Waals surface area contributed by atoms with Crippen molar-refractivity contribution >= 4 is 12.6 Å². The van der Waals surface area contributed by atoms with Crippen LogP contribution in [0.15, 0.2) is 18.2 Å². The molecule has 0 spiro atoms. The van der Waals surface area contributed by atoms with Crippen LogP contribution in [0.2, 0.25) is 0 Å². The Labute approximate surface area is 81.7 Å². The highest BCUT2D eigenvalue weighted by Crippen LogP contribution is 2.17. The fourth-order valence-corrected chi connectivity index (χ4v) is 0.999. The minimum Gasteiger partial charge on any atom is -0.496 e. The van der Waals surface area contributed by atoms with Gasteiger partial charge in [-0.15, -0.1) is 0 Å². The number of methoxy groups -OCH3 is 1. The number of carbonyl (C=O) groups excluding carboxylic acids is 2. The Morgan fingerprint density at radius 3 is 2.71 bits per heavy atom. The van der Waals surface area contributed by atoms with Crippen molar-refractivity contribution in [2.75, 3.05) is 7.11 Å². The van der Waals surface area contributed by atoms with Crippen molar-refractivity contribution in [1.29, 1.82) is 0 Å². The Morgan fingerprint density at radius 2 is 2.14 bits per heavy atom. The molecule has 0 radical (unpaired) electrons. The second kappa shape index (κ2) is 4.83. The second-order valence-corrected chi connectivity index (χ2v) is 2.46. The van der Waals surface area contributed by atoms with E-state index in [1.807, 2.05) is 0 Å². The molecule has 0 saturated heterocycles. The molecule has 70 valence electrons. The summed E-state index contributed by atoms with van der Waals surface area (Å²) in [6.07, 6.45) is 1.22. The highest BCUT2D eigenvalue weighted by Gasteiger charge is 2.01. The predicted octanol–water partition coefficient (Wildman–Crippen LogP) is 1.06. The Balaban J connectivity index is 3.13. The molecule has 0 atom stereocenters. The van der Waals surface area contributed by atoms with Crippen molar-refractivity contribution in [3.05, 3.63) is 29.3 Å². The molecule has 0 amide bonds. The van der Waals surface area contributed by atoms with Crippen LogP contribution in [0.25, 0.3) is 0 Å². The molecular formula is C11H8O3. The van der Waals surface area contributed by atoms with Crippen molar-refractivity contribution in [3.63, 3.8) is 0 Å². The molecule has 0 fully saturated rings. The first-order valence-electron chi connectivity index (χ1n) is 3.90. The van der Waals surface area contributed by atoms with Crippen LogP contribution in [0.1, 0.15) is 15.9 Å². The number of aldehydes is 2. The summed E-state index contributed by atoms with van der Waals surface area (Å²) in [5.41, 5.74) is 1.10. The van der Waals surface area contributed by atoms with Gasteiger partial charge in [-0.2, -0.15) is 0 Å². The minimum atomic E-state index is 0.456. The average Bonchev–Trinajstić information content (AvgIpc) is 2.25. The molecule has 0 aliphatic heterocycles. The van der Waals surface area contributed by atoms with Gasteiger partial charge in [0.2, 0.25) is 0 Å². The molecule has 0 heterocycles. The summed E-state index contributed by atoms with van der Waals surface area (Å²) in [6, 6.07) is 4.86. The zero-order valence-corrected chi connectivity index (χ0v) is 7.61. The van der Waals surface area contributed by atoms with Gasteiger partial charge in [0.1, 0.15) is 5.75 Å². The largest absolute Gasteiger partial charge is 0.496 e. The summed E-state index contributed by atoms with van der Waals surface area (Å²) in [4.78, 5) is 20.5. The smallest absolute Gasteiger partial charge is 0.193 e. The lowest BCUT2D eigenvalue weighted by atomic mass is 10.1. The Hall–Kier alpha value is -2.08. The van der Waals surface area contributed by atoms with E-state index in [2.05, 4.69) is 11.8 Å². The molecule has 3 heteroatoms. The van der Waals surface area contributed by atoms with Crippen LogP contribution in [0.3, 0.4) is 0 Å². The molecule has 0 aliphatic carbocycles. The van der Waals surface area contributed by atoms with E-state index < -0.39 is 0 Å². The van der Waals surface area contributed by atoms with Gasteiger partial charge in [-0.05, 0) is 24.1 Å². The monoisotopic (exact) mass is 188 g/mol. The van der Waals surface area contributed by atoms with Gasteiger partial charge in [-0.1, -0.05) is 5.92 Å². The first-order valence-corrected chi connectivity index (χ1v) is 3.90. The Kier molecular flexibility index (Phi) is 3.45. The van der Waals surface area contributed by atoms with Crippen LogP contribution in [0.5, 0.6) is 5.75 Å². The van der Waals surface area contributed by atoms with E-state index in [0.29, 0.717) is 29.4 Å². The summed E-state index contributed by atoms with van der Waals surface area (Å²) in [7, 11) is 1.47. The van der Waals surface area contributed by atoms with Gasteiger partial charge in [-0.25, -0.2) is 0 Å². The average molecular weight is 188 g/mol. The van der Waals surface area contributed by atoms with Crippen molar-refractivity contribution in [2.45, 2.75) is 0 Å². The molecule has 0 aliphatic rings. The first kappa shape index (κ1) is 10.0. The molecule has 14 heavy (non-hydrogen) atoms. The highest BCUT2D eigenvalue weighted by atomic mass is 16.5. The van der Waals surface area contributed by atoms with E-state index in [1.54, 1.807) is 18.2 Å². The lowest BCUT2D eigenvalue weighted by Gasteiger charge is -2.02. The van der Waals surface area contributed by atoms with Crippen molar-refractivity contribution < 1.29 is 14.3 Å². The second-order valence-electron chi connectivity index (χ2n) is 2.46. The van der Waals surface area contributed by atoms with Crippen LogP contribution < -0.4 is 4.74 Å². The fourth-order valence-electron chi connectivity index (χ4n) is 0.999. The molecule has 0 bridgehead atoms. The number of carbonyl (C=O) groups is 2. The van der Waals surface area contributed by atoms with Crippen molar-refractivity contribution in [1.82, 2.24) is 0 Å². The number of rotatable bonds is 2. The third kappa shape index (κ3) is 2.20. The Morgan fingerprint density at radius 1 is 1.36 bits per heavy atom. The van der Waals surface area contributed by atoms with E-state index in [9.17, 15) is 9.59 Å². The number of hydrogen-bond donors (Lipinski definition) is 0. The zero-order chi connectivity index (χ0) is 10.4. The Bertz CT molecular complexity index is 410. The lowest BCUT2D eigenvalue weighted by molar-refractivity contribution is -0.103. The van der Waals surface area contributed by atoms with Gasteiger partial charge >= 0.3 is 0 Å². The standard InChI is InChI=1S/C11H8O3/c1-14-11-7-9(3-2-6-12)4-5-10(11)8-13/h4-8H,1H3. The van der Waals surface area contributed by atoms with Gasteiger partial charge in [0.05, 0.1) is 12.7 Å². The van der Waals surface area contributed by atoms with Crippen molar-refractivity contribution in [3.8, 4) is 17.6 Å². The van der Waals surface area contributed by atoms with Crippen LogP contribution >= 0.6 is 0 Å². The quantitative estimate of drug-likeness (QED) is 0.514. The first-order chi connectivity index (χ1) is 6.81. The number of ether oxygens (including phenoxy) is 1. The molecule has 0 aromatic heterocycles. The lowest BCUT2D eigenvalue weighted by Crippen LogP contribution is -1.90. The highest BCUT2D eigenvalue weighted by molar-refractivity contribution is 5.80. The van der Waals surface area contributed by atoms with E-state index in [1.165, 1.54) is 7.11 Å². The van der Waals surface area contributed by atoms with Crippen LogP contribution in [-0.2, 0) is 4.79 Å². The predicted molar refractivity (Wildman–Crippen MR) is 51.3 cm³/mol. The van der Waals surface area contributed by atoms with Crippen LogP contribution in [0, 0.1) is 11.8 Å². The van der Waals surface area contributed by atoms with Gasteiger partial charge in [-0.3, -0.25) is 9.59 Å².